The molecule has 0 aliphatic carbocycles. The van der Waals surface area contributed by atoms with E-state index in [4.69, 9.17) is 9.47 Å². The van der Waals surface area contributed by atoms with Gasteiger partial charge < -0.3 is 19.4 Å². The molecule has 3 aromatic rings. The first-order valence-corrected chi connectivity index (χ1v) is 10.2. The van der Waals surface area contributed by atoms with Crippen LogP contribution in [0.2, 0.25) is 0 Å². The summed E-state index contributed by atoms with van der Waals surface area (Å²) in [7, 11) is 3.22. The average Bonchev–Trinajstić information content (AvgIpc) is 3.15. The minimum atomic E-state index is -0.129. The van der Waals surface area contributed by atoms with Crippen molar-refractivity contribution in [2.24, 2.45) is 0 Å². The monoisotopic (exact) mass is 412 g/mol. The fourth-order valence-corrected chi connectivity index (χ4v) is 3.67. The molecule has 0 radical (unpaired) electrons. The van der Waals surface area contributed by atoms with Crippen molar-refractivity contribution in [3.05, 3.63) is 48.0 Å². The zero-order valence-corrected chi connectivity index (χ0v) is 17.7. The van der Waals surface area contributed by atoms with Crippen molar-refractivity contribution in [3.8, 4) is 22.9 Å². The Morgan fingerprint density at radius 2 is 1.86 bits per heavy atom. The van der Waals surface area contributed by atoms with Gasteiger partial charge in [0.25, 0.3) is 0 Å². The Morgan fingerprint density at radius 1 is 1.10 bits per heavy atom. The largest absolute Gasteiger partial charge is 0.497 e. The van der Waals surface area contributed by atoms with Gasteiger partial charge in [-0.1, -0.05) is 17.8 Å². The predicted octanol–water partition coefficient (Wildman–Crippen LogP) is 4.02. The minimum Gasteiger partial charge on any atom is -0.497 e. The van der Waals surface area contributed by atoms with Crippen LogP contribution in [0.3, 0.4) is 0 Å². The maximum Gasteiger partial charge on any atom is 0.234 e. The predicted molar refractivity (Wildman–Crippen MR) is 115 cm³/mol. The Morgan fingerprint density at radius 3 is 2.52 bits per heavy atom. The second-order valence-electron chi connectivity index (χ2n) is 6.32. The number of carbonyl (C=O) groups excluding carboxylic acids is 1. The van der Waals surface area contributed by atoms with Gasteiger partial charge in [0.05, 0.1) is 25.7 Å². The quantitative estimate of drug-likeness (QED) is 0.563. The van der Waals surface area contributed by atoms with Crippen LogP contribution in [0.15, 0.2) is 47.6 Å². The molecule has 0 aliphatic heterocycles. The number of carbonyl (C=O) groups is 1. The Kier molecular flexibility index (Phi) is 6.77. The maximum atomic E-state index is 12.5. The molecule has 1 aromatic heterocycles. The second kappa shape index (κ2) is 9.47. The Bertz CT molecular complexity index is 986. The first-order chi connectivity index (χ1) is 14.0. The van der Waals surface area contributed by atoms with Crippen LogP contribution in [0, 0.1) is 6.92 Å². The molecule has 0 aliphatic rings. The third-order valence-corrected chi connectivity index (χ3v) is 5.31. The van der Waals surface area contributed by atoms with E-state index in [0.29, 0.717) is 23.1 Å². The van der Waals surface area contributed by atoms with Crippen LogP contribution in [0.25, 0.3) is 11.4 Å². The lowest BCUT2D eigenvalue weighted by Crippen LogP contribution is -2.15. The first-order valence-electron chi connectivity index (χ1n) is 9.20. The highest BCUT2D eigenvalue weighted by molar-refractivity contribution is 7.99. The number of benzene rings is 2. The zero-order chi connectivity index (χ0) is 20.8. The van der Waals surface area contributed by atoms with Crippen molar-refractivity contribution in [1.82, 2.24) is 14.8 Å². The number of ether oxygens (including phenoxy) is 2. The fourth-order valence-electron chi connectivity index (χ4n) is 2.87. The fraction of sp³-hybridized carbons (Fsp3) is 0.286. The number of anilines is 1. The summed E-state index contributed by atoms with van der Waals surface area (Å²) in [6.45, 7) is 4.69. The number of hydrogen-bond donors (Lipinski definition) is 1. The van der Waals surface area contributed by atoms with E-state index in [2.05, 4.69) is 15.5 Å². The van der Waals surface area contributed by atoms with Crippen LogP contribution in [0.1, 0.15) is 12.5 Å². The van der Waals surface area contributed by atoms with Crippen LogP contribution < -0.4 is 14.8 Å². The Hall–Kier alpha value is -3.00. The molecule has 7 nitrogen and oxygen atoms in total. The number of nitrogens with zero attached hydrogens (tertiary/aromatic N) is 3. The van der Waals surface area contributed by atoms with Gasteiger partial charge in [0.2, 0.25) is 5.91 Å². The molecule has 0 unspecified atom stereocenters. The van der Waals surface area contributed by atoms with Gasteiger partial charge in [-0.15, -0.1) is 10.2 Å². The van der Waals surface area contributed by atoms with E-state index in [1.807, 2.05) is 60.9 Å². The smallest absolute Gasteiger partial charge is 0.234 e. The van der Waals surface area contributed by atoms with E-state index < -0.39 is 0 Å². The molecule has 1 heterocycles. The molecule has 1 amide bonds. The molecule has 1 N–H and O–H groups in total. The van der Waals surface area contributed by atoms with Crippen molar-refractivity contribution < 1.29 is 14.3 Å². The lowest BCUT2D eigenvalue weighted by molar-refractivity contribution is -0.113. The molecule has 0 atom stereocenters. The summed E-state index contributed by atoms with van der Waals surface area (Å²) in [5.41, 5.74) is 2.65. The van der Waals surface area contributed by atoms with Crippen LogP contribution >= 0.6 is 11.8 Å². The first kappa shape index (κ1) is 20.7. The van der Waals surface area contributed by atoms with Gasteiger partial charge in [-0.2, -0.15) is 0 Å². The van der Waals surface area contributed by atoms with Crippen LogP contribution in [-0.2, 0) is 11.3 Å². The van der Waals surface area contributed by atoms with Crippen LogP contribution in [-0.4, -0.2) is 40.6 Å². The highest BCUT2D eigenvalue weighted by Crippen LogP contribution is 2.27. The molecule has 0 spiro atoms. The van der Waals surface area contributed by atoms with Gasteiger partial charge >= 0.3 is 0 Å². The molecule has 8 heteroatoms. The molecule has 152 valence electrons. The number of hydrogen-bond acceptors (Lipinski definition) is 6. The van der Waals surface area contributed by atoms with Gasteiger partial charge in [-0.25, -0.2) is 0 Å². The molecular formula is C21H24N4O3S. The number of thioether (sulfide) groups is 1. The molecule has 0 saturated carbocycles. The molecule has 0 saturated heterocycles. The number of rotatable bonds is 8. The molecular weight excluding hydrogens is 388 g/mol. The number of nitrogens with one attached hydrogen (secondary N) is 1. The third kappa shape index (κ3) is 4.89. The van der Waals surface area contributed by atoms with Gasteiger partial charge in [-0.05, 0) is 55.8 Å². The van der Waals surface area contributed by atoms with Gasteiger partial charge in [0, 0.05) is 12.1 Å². The van der Waals surface area contributed by atoms with Crippen molar-refractivity contribution in [1.29, 1.82) is 0 Å². The van der Waals surface area contributed by atoms with Crippen LogP contribution in [0.5, 0.6) is 11.5 Å². The average molecular weight is 413 g/mol. The standard InChI is InChI=1S/C21H24N4O3S/c1-5-25-20(15-7-9-16(27-3)10-8-15)23-24-21(25)29-13-19(26)22-17-12-14(2)6-11-18(17)28-4/h6-12H,5,13H2,1-4H3,(H,22,26). The van der Waals surface area contributed by atoms with Crippen molar-refractivity contribution in [3.63, 3.8) is 0 Å². The van der Waals surface area contributed by atoms with Gasteiger partial charge in [-0.3, -0.25) is 4.79 Å². The summed E-state index contributed by atoms with van der Waals surface area (Å²) in [5.74, 6) is 2.27. The van der Waals surface area contributed by atoms with Crippen molar-refractivity contribution in [2.75, 3.05) is 25.3 Å². The summed E-state index contributed by atoms with van der Waals surface area (Å²) in [4.78, 5) is 12.5. The van der Waals surface area contributed by atoms with Gasteiger partial charge in [0.1, 0.15) is 11.5 Å². The van der Waals surface area contributed by atoms with Gasteiger partial charge in [0.15, 0.2) is 11.0 Å². The van der Waals surface area contributed by atoms with Crippen molar-refractivity contribution >= 4 is 23.4 Å². The SMILES string of the molecule is CCn1c(SCC(=O)Nc2cc(C)ccc2OC)nnc1-c1ccc(OC)cc1. The summed E-state index contributed by atoms with van der Waals surface area (Å²) in [5, 5.41) is 12.2. The maximum absolute atomic E-state index is 12.5. The topological polar surface area (TPSA) is 78.3 Å². The number of amides is 1. The summed E-state index contributed by atoms with van der Waals surface area (Å²) in [6, 6.07) is 13.3. The lowest BCUT2D eigenvalue weighted by atomic mass is 10.2. The molecule has 2 aromatic carbocycles. The molecule has 3 rings (SSSR count). The van der Waals surface area contributed by atoms with E-state index in [9.17, 15) is 4.79 Å². The van der Waals surface area contributed by atoms with Crippen LogP contribution in [0.4, 0.5) is 5.69 Å². The van der Waals surface area contributed by atoms with Crippen molar-refractivity contribution in [2.45, 2.75) is 25.5 Å². The summed E-state index contributed by atoms with van der Waals surface area (Å²) in [6.07, 6.45) is 0. The van der Waals surface area contributed by atoms with E-state index in [-0.39, 0.29) is 11.7 Å². The zero-order valence-electron chi connectivity index (χ0n) is 16.9. The number of methoxy groups -OCH3 is 2. The van der Waals surface area contributed by atoms with E-state index in [1.54, 1.807) is 14.2 Å². The van der Waals surface area contributed by atoms with E-state index in [1.165, 1.54) is 11.8 Å². The third-order valence-electron chi connectivity index (χ3n) is 4.34. The van der Waals surface area contributed by atoms with E-state index >= 15 is 0 Å². The Balaban J connectivity index is 1.70. The molecule has 0 bridgehead atoms. The molecule has 29 heavy (non-hydrogen) atoms. The number of aryl methyl sites for hydroxylation is 1. The minimum absolute atomic E-state index is 0.129. The second-order valence-corrected chi connectivity index (χ2v) is 7.26. The highest BCUT2D eigenvalue weighted by atomic mass is 32.2. The van der Waals surface area contributed by atoms with E-state index in [0.717, 1.165) is 22.7 Å². The number of aromatic nitrogens is 3. The normalized spacial score (nSPS) is 10.6. The summed E-state index contributed by atoms with van der Waals surface area (Å²) >= 11 is 1.35. The summed E-state index contributed by atoms with van der Waals surface area (Å²) < 4.78 is 12.5. The Labute approximate surface area is 174 Å². The highest BCUT2D eigenvalue weighted by Gasteiger charge is 2.15. The lowest BCUT2D eigenvalue weighted by Gasteiger charge is -2.11. The molecule has 0 fully saturated rings.